The van der Waals surface area contributed by atoms with Crippen molar-refractivity contribution in [2.24, 2.45) is 0 Å². The van der Waals surface area contributed by atoms with Crippen LogP contribution in [-0.2, 0) is 6.42 Å². The van der Waals surface area contributed by atoms with E-state index in [0.29, 0.717) is 0 Å². The Morgan fingerprint density at radius 1 is 0.944 bits per heavy atom. The number of hydrogen-bond donors (Lipinski definition) is 1. The van der Waals surface area contributed by atoms with Crippen LogP contribution in [0, 0.1) is 6.92 Å². The molecule has 0 aliphatic rings. The molecular formula is C17H25N. The van der Waals surface area contributed by atoms with Gasteiger partial charge < -0.3 is 6.15 Å². The van der Waals surface area contributed by atoms with Crippen molar-refractivity contribution in [3.05, 3.63) is 47.5 Å². The van der Waals surface area contributed by atoms with Gasteiger partial charge in [-0.2, -0.15) is 0 Å². The average Bonchev–Trinajstić information content (AvgIpc) is 2.34. The summed E-state index contributed by atoms with van der Waals surface area (Å²) in [6, 6.07) is 13.5. The van der Waals surface area contributed by atoms with Crippen LogP contribution in [0.3, 0.4) is 0 Å². The molecule has 2 rings (SSSR count). The van der Waals surface area contributed by atoms with E-state index >= 15 is 0 Å². The van der Waals surface area contributed by atoms with Crippen LogP contribution >= 0.6 is 0 Å². The Hall–Kier alpha value is -1.34. The van der Waals surface area contributed by atoms with Crippen molar-refractivity contribution in [3.8, 4) is 0 Å². The van der Waals surface area contributed by atoms with Gasteiger partial charge in [0.05, 0.1) is 0 Å². The van der Waals surface area contributed by atoms with Gasteiger partial charge in [0.2, 0.25) is 0 Å². The molecule has 0 heterocycles. The third-order valence-electron chi connectivity index (χ3n) is 3.43. The molecule has 0 amide bonds. The maximum Gasteiger partial charge on any atom is -0.0152 e. The molecule has 2 aromatic rings. The summed E-state index contributed by atoms with van der Waals surface area (Å²) in [5.41, 5.74) is 2.86. The summed E-state index contributed by atoms with van der Waals surface area (Å²) in [4.78, 5) is 0. The lowest BCUT2D eigenvalue weighted by Gasteiger charge is -2.07. The second-order valence-electron chi connectivity index (χ2n) is 4.95. The molecule has 2 aromatic carbocycles. The molecule has 0 atom stereocenters. The van der Waals surface area contributed by atoms with Crippen molar-refractivity contribution >= 4 is 10.8 Å². The van der Waals surface area contributed by atoms with Gasteiger partial charge in [0.25, 0.3) is 0 Å². The molecule has 18 heavy (non-hydrogen) atoms. The first-order chi connectivity index (χ1) is 8.31. The van der Waals surface area contributed by atoms with E-state index in [2.05, 4.69) is 50.2 Å². The molecule has 3 N–H and O–H groups in total. The molecule has 0 radical (unpaired) electrons. The van der Waals surface area contributed by atoms with Gasteiger partial charge in [-0.1, -0.05) is 68.1 Å². The molecule has 0 saturated carbocycles. The Morgan fingerprint density at radius 2 is 1.78 bits per heavy atom. The topological polar surface area (TPSA) is 35.0 Å². The second kappa shape index (κ2) is 7.17. The van der Waals surface area contributed by atoms with E-state index < -0.39 is 0 Å². The molecule has 0 aliphatic heterocycles. The minimum atomic E-state index is 0. The summed E-state index contributed by atoms with van der Waals surface area (Å²) in [5.74, 6) is 0. The van der Waals surface area contributed by atoms with Gasteiger partial charge in [-0.05, 0) is 36.1 Å². The summed E-state index contributed by atoms with van der Waals surface area (Å²) in [6.07, 6.45) is 6.58. The van der Waals surface area contributed by atoms with Crippen LogP contribution in [0.25, 0.3) is 10.8 Å². The van der Waals surface area contributed by atoms with E-state index in [1.165, 1.54) is 54.0 Å². The third kappa shape index (κ3) is 3.58. The van der Waals surface area contributed by atoms with Crippen molar-refractivity contribution in [1.29, 1.82) is 0 Å². The molecule has 98 valence electrons. The quantitative estimate of drug-likeness (QED) is 0.698. The summed E-state index contributed by atoms with van der Waals surface area (Å²) in [6.45, 7) is 4.42. The molecule has 0 aromatic heterocycles. The van der Waals surface area contributed by atoms with Gasteiger partial charge in [0.1, 0.15) is 0 Å². The van der Waals surface area contributed by atoms with Crippen LogP contribution in [0.5, 0.6) is 0 Å². The molecule has 0 spiro atoms. The lowest BCUT2D eigenvalue weighted by Crippen LogP contribution is -1.88. The van der Waals surface area contributed by atoms with Crippen LogP contribution in [0.15, 0.2) is 36.4 Å². The minimum Gasteiger partial charge on any atom is -0.344 e. The molecule has 0 aliphatic carbocycles. The van der Waals surface area contributed by atoms with Gasteiger partial charge in [0.15, 0.2) is 0 Å². The number of rotatable bonds is 5. The number of fused-ring (bicyclic) bond motifs is 1. The average molecular weight is 243 g/mol. The first kappa shape index (κ1) is 14.7. The van der Waals surface area contributed by atoms with Crippen molar-refractivity contribution < 1.29 is 0 Å². The van der Waals surface area contributed by atoms with Gasteiger partial charge in [-0.3, -0.25) is 0 Å². The first-order valence-corrected chi connectivity index (χ1v) is 6.79. The van der Waals surface area contributed by atoms with Crippen molar-refractivity contribution in [1.82, 2.24) is 6.15 Å². The lowest BCUT2D eigenvalue weighted by molar-refractivity contribution is 0.668. The summed E-state index contributed by atoms with van der Waals surface area (Å²) in [7, 11) is 0. The van der Waals surface area contributed by atoms with Crippen LogP contribution in [0.4, 0.5) is 0 Å². The van der Waals surface area contributed by atoms with Crippen molar-refractivity contribution in [2.45, 2.75) is 46.0 Å². The fraction of sp³-hybridized carbons (Fsp3) is 0.412. The van der Waals surface area contributed by atoms with Crippen molar-refractivity contribution in [3.63, 3.8) is 0 Å². The van der Waals surface area contributed by atoms with E-state index in [0.717, 1.165) is 0 Å². The molecule has 1 heteroatoms. The standard InChI is InChI=1S/C17H22.H3N/c1-3-4-5-6-8-15-9-7-10-16-13-14(2)11-12-17(15)16;/h7,9-13H,3-6,8H2,1-2H3;1H3. The van der Waals surface area contributed by atoms with E-state index in [9.17, 15) is 0 Å². The highest BCUT2D eigenvalue weighted by atomic mass is 14.1. The second-order valence-corrected chi connectivity index (χ2v) is 4.95. The Balaban J connectivity index is 0.00000162. The number of benzene rings is 2. The predicted molar refractivity (Wildman–Crippen MR) is 81.6 cm³/mol. The highest BCUT2D eigenvalue weighted by Gasteiger charge is 2.00. The summed E-state index contributed by atoms with van der Waals surface area (Å²) in [5, 5.41) is 2.83. The maximum atomic E-state index is 2.28. The van der Waals surface area contributed by atoms with E-state index in [1.54, 1.807) is 0 Å². The zero-order chi connectivity index (χ0) is 12.1. The molecule has 0 fully saturated rings. The zero-order valence-electron chi connectivity index (χ0n) is 11.7. The van der Waals surface area contributed by atoms with Gasteiger partial charge in [0, 0.05) is 0 Å². The smallest absolute Gasteiger partial charge is 0.0152 e. The van der Waals surface area contributed by atoms with Crippen LogP contribution in [-0.4, -0.2) is 0 Å². The first-order valence-electron chi connectivity index (χ1n) is 6.79. The SMILES string of the molecule is CCCCCCc1cccc2cc(C)ccc12.N. The largest absolute Gasteiger partial charge is 0.344 e. The Kier molecular flexibility index (Phi) is 5.87. The maximum absolute atomic E-state index is 2.28. The fourth-order valence-corrected chi connectivity index (χ4v) is 2.43. The monoisotopic (exact) mass is 243 g/mol. The van der Waals surface area contributed by atoms with E-state index in [1.807, 2.05) is 0 Å². The molecular weight excluding hydrogens is 218 g/mol. The van der Waals surface area contributed by atoms with Crippen molar-refractivity contribution in [2.75, 3.05) is 0 Å². The normalized spacial score (nSPS) is 10.3. The van der Waals surface area contributed by atoms with Crippen LogP contribution < -0.4 is 6.15 Å². The summed E-state index contributed by atoms with van der Waals surface area (Å²) >= 11 is 0. The van der Waals surface area contributed by atoms with Crippen LogP contribution in [0.2, 0.25) is 0 Å². The van der Waals surface area contributed by atoms with Crippen LogP contribution in [0.1, 0.15) is 43.7 Å². The van der Waals surface area contributed by atoms with Gasteiger partial charge in [-0.25, -0.2) is 0 Å². The zero-order valence-corrected chi connectivity index (χ0v) is 11.7. The molecule has 1 nitrogen and oxygen atoms in total. The number of unbranched alkanes of at least 4 members (excludes halogenated alkanes) is 3. The number of aryl methyl sites for hydroxylation is 2. The highest BCUT2D eigenvalue weighted by molar-refractivity contribution is 5.86. The summed E-state index contributed by atoms with van der Waals surface area (Å²) < 4.78 is 0. The van der Waals surface area contributed by atoms with Gasteiger partial charge in [-0.15, -0.1) is 0 Å². The molecule has 0 bridgehead atoms. The highest BCUT2D eigenvalue weighted by Crippen LogP contribution is 2.21. The van der Waals surface area contributed by atoms with Gasteiger partial charge >= 0.3 is 0 Å². The van der Waals surface area contributed by atoms with E-state index in [-0.39, 0.29) is 6.15 Å². The van der Waals surface area contributed by atoms with E-state index in [4.69, 9.17) is 0 Å². The predicted octanol–water partition coefficient (Wildman–Crippen LogP) is 5.43. The molecule has 0 saturated heterocycles. The Bertz CT molecular complexity index is 488. The molecule has 0 unspecified atom stereocenters. The Morgan fingerprint density at radius 3 is 2.56 bits per heavy atom. The number of hydrogen-bond acceptors (Lipinski definition) is 1. The third-order valence-corrected chi connectivity index (χ3v) is 3.43. The minimum absolute atomic E-state index is 0. The fourth-order valence-electron chi connectivity index (χ4n) is 2.43. The lowest BCUT2D eigenvalue weighted by atomic mass is 9.98. The Labute approximate surface area is 111 Å².